The fraction of sp³-hybridized carbons (Fsp3) is 0.500. The lowest BCUT2D eigenvalue weighted by Gasteiger charge is -2.45. The zero-order valence-electron chi connectivity index (χ0n) is 20.5. The molecule has 2 fully saturated rings. The van der Waals surface area contributed by atoms with Crippen LogP contribution in [0.2, 0.25) is 0 Å². The third-order valence-corrected chi connectivity index (χ3v) is 8.28. The van der Waals surface area contributed by atoms with Crippen LogP contribution < -0.4 is 10.1 Å². The van der Waals surface area contributed by atoms with Crippen molar-refractivity contribution in [1.29, 1.82) is 0 Å². The van der Waals surface area contributed by atoms with E-state index >= 15 is 0 Å². The van der Waals surface area contributed by atoms with Crippen LogP contribution in [0.15, 0.2) is 42.5 Å². The SMILES string of the molecule is CCOc1ccc2[nH]c3c(c2c1)CC1(C)C(=O)N(CCNC2CCC2)C(=O)N1[C@@H]3C1C=CC=CC1. The topological polar surface area (TPSA) is 77.7 Å². The third kappa shape index (κ3) is 3.51. The molecule has 3 amide bonds. The van der Waals surface area contributed by atoms with Crippen molar-refractivity contribution in [3.63, 3.8) is 0 Å². The number of benzene rings is 1. The number of imide groups is 1. The lowest BCUT2D eigenvalue weighted by Crippen LogP contribution is -2.54. The summed E-state index contributed by atoms with van der Waals surface area (Å²) < 4.78 is 5.78. The maximum absolute atomic E-state index is 13.9. The van der Waals surface area contributed by atoms with Crippen molar-refractivity contribution in [2.75, 3.05) is 19.7 Å². The van der Waals surface area contributed by atoms with Gasteiger partial charge >= 0.3 is 6.03 Å². The van der Waals surface area contributed by atoms with Crippen molar-refractivity contribution in [3.8, 4) is 5.75 Å². The van der Waals surface area contributed by atoms with Gasteiger partial charge in [0.15, 0.2) is 0 Å². The molecule has 35 heavy (non-hydrogen) atoms. The molecule has 2 N–H and O–H groups in total. The van der Waals surface area contributed by atoms with Gasteiger partial charge in [0.05, 0.1) is 12.6 Å². The molecule has 2 aliphatic carbocycles. The summed E-state index contributed by atoms with van der Waals surface area (Å²) in [5.41, 5.74) is 2.29. The third-order valence-electron chi connectivity index (χ3n) is 8.28. The Balaban J connectivity index is 1.40. The average Bonchev–Trinajstić information content (AvgIpc) is 3.27. The molecule has 1 saturated heterocycles. The van der Waals surface area contributed by atoms with Crippen molar-refractivity contribution in [1.82, 2.24) is 20.1 Å². The molecule has 1 saturated carbocycles. The minimum Gasteiger partial charge on any atom is -0.494 e. The maximum atomic E-state index is 13.9. The minimum atomic E-state index is -0.906. The van der Waals surface area contributed by atoms with Gasteiger partial charge in [0.1, 0.15) is 11.3 Å². The molecule has 4 aliphatic rings. The smallest absolute Gasteiger partial charge is 0.328 e. The molecular formula is C28H34N4O3. The number of nitrogens with zero attached hydrogens (tertiary/aromatic N) is 2. The predicted molar refractivity (Wildman–Crippen MR) is 135 cm³/mol. The van der Waals surface area contributed by atoms with Crippen molar-refractivity contribution in [2.24, 2.45) is 5.92 Å². The van der Waals surface area contributed by atoms with E-state index in [1.54, 1.807) is 0 Å². The molecule has 3 atom stereocenters. The lowest BCUT2D eigenvalue weighted by atomic mass is 9.78. The highest BCUT2D eigenvalue weighted by Gasteiger charge is 2.60. The van der Waals surface area contributed by atoms with Gasteiger partial charge in [0.25, 0.3) is 5.91 Å². The Morgan fingerprint density at radius 1 is 1.23 bits per heavy atom. The lowest BCUT2D eigenvalue weighted by molar-refractivity contribution is -0.133. The van der Waals surface area contributed by atoms with Gasteiger partial charge in [-0.2, -0.15) is 0 Å². The van der Waals surface area contributed by atoms with Gasteiger partial charge in [-0.15, -0.1) is 0 Å². The van der Waals surface area contributed by atoms with Crippen LogP contribution in [-0.2, 0) is 11.2 Å². The van der Waals surface area contributed by atoms with Gasteiger partial charge in [-0.05, 0) is 56.9 Å². The molecule has 2 aliphatic heterocycles. The Bertz CT molecular complexity index is 1230. The number of aromatic nitrogens is 1. The van der Waals surface area contributed by atoms with Crippen molar-refractivity contribution >= 4 is 22.8 Å². The Hall–Kier alpha value is -3.06. The first kappa shape index (κ1) is 22.4. The monoisotopic (exact) mass is 474 g/mol. The highest BCUT2D eigenvalue weighted by molar-refractivity contribution is 6.08. The summed E-state index contributed by atoms with van der Waals surface area (Å²) in [5, 5.41) is 4.59. The van der Waals surface area contributed by atoms with E-state index < -0.39 is 5.54 Å². The molecule has 3 heterocycles. The number of rotatable bonds is 7. The molecule has 1 aromatic heterocycles. The summed E-state index contributed by atoms with van der Waals surface area (Å²) in [6.45, 7) is 5.59. The number of urea groups is 1. The molecule has 2 unspecified atom stereocenters. The zero-order chi connectivity index (χ0) is 24.2. The molecule has 184 valence electrons. The summed E-state index contributed by atoms with van der Waals surface area (Å²) in [7, 11) is 0. The zero-order valence-corrected chi connectivity index (χ0v) is 20.5. The number of carbonyl (C=O) groups excluding carboxylic acids is 2. The minimum absolute atomic E-state index is 0.0841. The molecule has 6 rings (SSSR count). The first-order valence-corrected chi connectivity index (χ1v) is 13.0. The largest absolute Gasteiger partial charge is 0.494 e. The molecule has 7 heteroatoms. The first-order valence-electron chi connectivity index (χ1n) is 13.0. The summed E-state index contributed by atoms with van der Waals surface area (Å²) in [6.07, 6.45) is 13.4. The molecule has 7 nitrogen and oxygen atoms in total. The van der Waals surface area contributed by atoms with Gasteiger partial charge in [-0.1, -0.05) is 30.7 Å². The van der Waals surface area contributed by atoms with Gasteiger partial charge in [0.2, 0.25) is 0 Å². The van der Waals surface area contributed by atoms with Gasteiger partial charge < -0.3 is 19.9 Å². The predicted octanol–water partition coefficient (Wildman–Crippen LogP) is 4.46. The molecule has 2 aromatic rings. The van der Waals surface area contributed by atoms with E-state index in [-0.39, 0.29) is 23.9 Å². The average molecular weight is 475 g/mol. The molecule has 0 bridgehead atoms. The van der Waals surface area contributed by atoms with E-state index in [0.717, 1.165) is 34.3 Å². The second kappa shape index (κ2) is 8.55. The number of aromatic amines is 1. The van der Waals surface area contributed by atoms with Crippen LogP contribution in [0.5, 0.6) is 5.75 Å². The Labute approximate surface area is 206 Å². The van der Waals surface area contributed by atoms with Gasteiger partial charge in [0, 0.05) is 48.1 Å². The van der Waals surface area contributed by atoms with E-state index in [9.17, 15) is 9.59 Å². The van der Waals surface area contributed by atoms with Crippen LogP contribution in [0, 0.1) is 5.92 Å². The quantitative estimate of drug-likeness (QED) is 0.581. The molecular weight excluding hydrogens is 440 g/mol. The number of allylic oxidation sites excluding steroid dienone is 3. The number of hydrogen-bond acceptors (Lipinski definition) is 4. The normalized spacial score (nSPS) is 27.9. The number of carbonyl (C=O) groups is 2. The van der Waals surface area contributed by atoms with Crippen molar-refractivity contribution in [3.05, 3.63) is 53.8 Å². The summed E-state index contributed by atoms with van der Waals surface area (Å²) in [4.78, 5) is 34.7. The number of hydrogen-bond donors (Lipinski definition) is 2. The standard InChI is InChI=1S/C28H34N4O3/c1-3-35-20-12-13-23-21(16-20)22-17-28(2)26(33)31(15-14-29-19-10-7-11-19)27(34)32(28)25(24(22)30-23)18-8-5-4-6-9-18/h4-6,8,12-13,16,18-19,25,29-30H,3,7,9-11,14-15,17H2,1-2H3/t18?,25-,28?/m1/s1. The maximum Gasteiger partial charge on any atom is 0.328 e. The Morgan fingerprint density at radius 3 is 2.80 bits per heavy atom. The van der Waals surface area contributed by atoms with Crippen molar-refractivity contribution in [2.45, 2.75) is 63.6 Å². The molecule has 0 radical (unpaired) electrons. The highest BCUT2D eigenvalue weighted by Crippen LogP contribution is 2.50. The van der Waals surface area contributed by atoms with E-state index in [4.69, 9.17) is 4.74 Å². The van der Waals surface area contributed by atoms with Crippen LogP contribution in [0.25, 0.3) is 10.9 Å². The van der Waals surface area contributed by atoms with Crippen LogP contribution >= 0.6 is 0 Å². The summed E-state index contributed by atoms with van der Waals surface area (Å²) in [6, 6.07) is 6.22. The number of fused-ring (bicyclic) bond motifs is 4. The fourth-order valence-corrected chi connectivity index (χ4v) is 6.26. The van der Waals surface area contributed by atoms with E-state index in [1.165, 1.54) is 24.2 Å². The number of amides is 3. The van der Waals surface area contributed by atoms with Crippen LogP contribution in [0.3, 0.4) is 0 Å². The van der Waals surface area contributed by atoms with Gasteiger partial charge in [-0.25, -0.2) is 4.79 Å². The van der Waals surface area contributed by atoms with Crippen LogP contribution in [-0.4, -0.2) is 58.0 Å². The Morgan fingerprint density at radius 2 is 2.09 bits per heavy atom. The van der Waals surface area contributed by atoms with Crippen LogP contribution in [0.4, 0.5) is 4.79 Å². The fourth-order valence-electron chi connectivity index (χ4n) is 6.26. The second-order valence-corrected chi connectivity index (χ2v) is 10.5. The number of ether oxygens (including phenoxy) is 1. The molecule has 0 spiro atoms. The van der Waals surface area contributed by atoms with Gasteiger partial charge in [-0.3, -0.25) is 9.69 Å². The molecule has 1 aromatic carbocycles. The van der Waals surface area contributed by atoms with E-state index in [2.05, 4.69) is 34.6 Å². The highest BCUT2D eigenvalue weighted by atomic mass is 16.5. The Kier molecular flexibility index (Phi) is 5.48. The summed E-state index contributed by atoms with van der Waals surface area (Å²) in [5.74, 6) is 0.839. The van der Waals surface area contributed by atoms with Crippen molar-refractivity contribution < 1.29 is 14.3 Å². The summed E-state index contributed by atoms with van der Waals surface area (Å²) >= 11 is 0. The number of nitrogens with one attached hydrogen (secondary N) is 2. The second-order valence-electron chi connectivity index (χ2n) is 10.5. The number of H-pyrrole nitrogens is 1. The van der Waals surface area contributed by atoms with Crippen LogP contribution in [0.1, 0.15) is 56.8 Å². The van der Waals surface area contributed by atoms with E-state index in [0.29, 0.717) is 32.2 Å². The van der Waals surface area contributed by atoms with E-state index in [1.807, 2.05) is 37.0 Å². The first-order chi connectivity index (χ1) is 17.0.